The van der Waals surface area contributed by atoms with Crippen molar-refractivity contribution in [1.29, 1.82) is 0 Å². The number of ketones is 1. The first kappa shape index (κ1) is 23.8. The van der Waals surface area contributed by atoms with E-state index in [1.807, 2.05) is 44.2 Å². The van der Waals surface area contributed by atoms with E-state index in [9.17, 15) is 14.4 Å². The zero-order valence-corrected chi connectivity index (χ0v) is 20.4. The van der Waals surface area contributed by atoms with Crippen LogP contribution in [0.4, 0.5) is 0 Å². The van der Waals surface area contributed by atoms with Gasteiger partial charge in [-0.3, -0.25) is 14.4 Å². The number of methoxy groups -OCH3 is 1. The lowest BCUT2D eigenvalue weighted by atomic mass is 9.43. The average molecular weight is 481 g/mol. The summed E-state index contributed by atoms with van der Waals surface area (Å²) in [5.74, 6) is -2.11. The van der Waals surface area contributed by atoms with Gasteiger partial charge in [0.05, 0.1) is 38.1 Å². The lowest BCUT2D eigenvalue weighted by Gasteiger charge is -2.61. The third kappa shape index (κ3) is 3.90. The van der Waals surface area contributed by atoms with Crippen LogP contribution in [0.3, 0.4) is 0 Å². The second kappa shape index (κ2) is 8.94. The number of carbonyl (C=O) groups excluding carboxylic acids is 3. The number of cyclic esters (lactones) is 1. The first-order chi connectivity index (χ1) is 16.8. The van der Waals surface area contributed by atoms with Gasteiger partial charge in [-0.1, -0.05) is 44.2 Å². The van der Waals surface area contributed by atoms with E-state index in [0.29, 0.717) is 19.3 Å². The summed E-state index contributed by atoms with van der Waals surface area (Å²) < 4.78 is 22.4. The van der Waals surface area contributed by atoms with E-state index in [1.165, 1.54) is 7.11 Å². The minimum atomic E-state index is -0.752. The molecule has 35 heavy (non-hydrogen) atoms. The fraction of sp³-hybridized carbons (Fsp3) is 0.536. The van der Waals surface area contributed by atoms with Crippen LogP contribution in [-0.2, 0) is 35.2 Å². The van der Waals surface area contributed by atoms with Crippen molar-refractivity contribution in [1.82, 2.24) is 0 Å². The van der Waals surface area contributed by atoms with Crippen molar-refractivity contribution in [2.24, 2.45) is 28.6 Å². The Bertz CT molecular complexity index is 1090. The molecule has 7 nitrogen and oxygen atoms in total. The normalized spacial score (nSPS) is 36.6. The minimum Gasteiger partial charge on any atom is -0.472 e. The number of hydrogen-bond acceptors (Lipinski definition) is 7. The van der Waals surface area contributed by atoms with Crippen LogP contribution in [-0.4, -0.2) is 30.9 Å². The predicted molar refractivity (Wildman–Crippen MR) is 125 cm³/mol. The summed E-state index contributed by atoms with van der Waals surface area (Å²) in [5, 5.41) is 0. The molecule has 0 N–H and O–H groups in total. The highest BCUT2D eigenvalue weighted by atomic mass is 16.5. The van der Waals surface area contributed by atoms with Gasteiger partial charge in [0.1, 0.15) is 12.2 Å². The van der Waals surface area contributed by atoms with E-state index in [2.05, 4.69) is 0 Å². The molecule has 0 radical (unpaired) electrons. The van der Waals surface area contributed by atoms with Gasteiger partial charge < -0.3 is 18.6 Å². The van der Waals surface area contributed by atoms with E-state index >= 15 is 0 Å². The maximum Gasteiger partial charge on any atom is 0.310 e. The molecule has 7 atom stereocenters. The fourth-order valence-electron chi connectivity index (χ4n) is 7.08. The number of fused-ring (bicyclic) bond motifs is 3. The number of Topliss-reactive ketones (excluding diaryl/α,β-unsaturated/α-hetero) is 1. The standard InChI is InChI=1S/C28H32O7/c1-27-11-9-19-26(31)35-22(18-10-12-33-16-18)14-28(19,2)24(27)23(29)21(13-20(27)25(30)32-3)34-15-17-7-5-4-6-8-17/h4-8,10,12,16,19-22,24H,9,11,13-15H2,1-3H3/t19?,20-,21-,22-,24?,27-,28-/m0/s1. The van der Waals surface area contributed by atoms with Gasteiger partial charge in [-0.05, 0) is 48.1 Å². The average Bonchev–Trinajstić information content (AvgIpc) is 3.38. The summed E-state index contributed by atoms with van der Waals surface area (Å²) in [6.45, 7) is 4.30. The number of rotatable bonds is 5. The second-order valence-electron chi connectivity index (χ2n) is 10.7. The molecule has 1 aromatic carbocycles. The topological polar surface area (TPSA) is 92.0 Å². The highest BCUT2D eigenvalue weighted by Gasteiger charge is 2.67. The maximum absolute atomic E-state index is 14.2. The lowest BCUT2D eigenvalue weighted by molar-refractivity contribution is -0.210. The van der Waals surface area contributed by atoms with Crippen molar-refractivity contribution in [2.75, 3.05) is 7.11 Å². The summed E-state index contributed by atoms with van der Waals surface area (Å²) in [5.41, 5.74) is 0.399. The molecule has 186 valence electrons. The van der Waals surface area contributed by atoms with Crippen LogP contribution < -0.4 is 0 Å². The molecule has 1 saturated heterocycles. The molecule has 3 fully saturated rings. The monoisotopic (exact) mass is 480 g/mol. The first-order valence-corrected chi connectivity index (χ1v) is 12.3. The van der Waals surface area contributed by atoms with Crippen molar-refractivity contribution >= 4 is 17.7 Å². The molecule has 0 bridgehead atoms. The molecule has 1 aromatic heterocycles. The molecular formula is C28H32O7. The van der Waals surface area contributed by atoms with Crippen molar-refractivity contribution in [3.05, 3.63) is 60.1 Å². The van der Waals surface area contributed by atoms with Crippen LogP contribution >= 0.6 is 0 Å². The van der Waals surface area contributed by atoms with Gasteiger partial charge in [-0.15, -0.1) is 0 Å². The van der Waals surface area contributed by atoms with Crippen LogP contribution in [0.5, 0.6) is 0 Å². The zero-order valence-electron chi connectivity index (χ0n) is 20.4. The molecule has 5 rings (SSSR count). The highest BCUT2D eigenvalue weighted by Crippen LogP contribution is 2.65. The minimum absolute atomic E-state index is 0.0311. The van der Waals surface area contributed by atoms with Crippen LogP contribution in [0, 0.1) is 28.6 Å². The van der Waals surface area contributed by atoms with Crippen LogP contribution in [0.15, 0.2) is 53.3 Å². The summed E-state index contributed by atoms with van der Waals surface area (Å²) in [7, 11) is 1.39. The quantitative estimate of drug-likeness (QED) is 0.575. The lowest BCUT2D eigenvalue weighted by Crippen LogP contribution is -2.64. The Morgan fingerprint density at radius 1 is 1.11 bits per heavy atom. The summed E-state index contributed by atoms with van der Waals surface area (Å²) in [6, 6.07) is 11.4. The summed E-state index contributed by atoms with van der Waals surface area (Å²) in [6.07, 6.45) is 3.77. The Morgan fingerprint density at radius 2 is 1.89 bits per heavy atom. The van der Waals surface area contributed by atoms with E-state index in [1.54, 1.807) is 18.6 Å². The molecule has 0 amide bonds. The zero-order chi connectivity index (χ0) is 24.8. The Kier molecular flexibility index (Phi) is 6.08. The summed E-state index contributed by atoms with van der Waals surface area (Å²) >= 11 is 0. The van der Waals surface area contributed by atoms with Crippen LogP contribution in [0.2, 0.25) is 0 Å². The maximum atomic E-state index is 14.2. The Hall–Kier alpha value is -2.93. The van der Waals surface area contributed by atoms with Crippen molar-refractivity contribution in [3.8, 4) is 0 Å². The molecule has 3 aliphatic rings. The van der Waals surface area contributed by atoms with Gasteiger partial charge in [0.25, 0.3) is 0 Å². The molecule has 2 saturated carbocycles. The predicted octanol–water partition coefficient (Wildman–Crippen LogP) is 4.65. The molecule has 2 heterocycles. The number of furan rings is 1. The third-order valence-electron chi connectivity index (χ3n) is 8.80. The number of hydrogen-bond donors (Lipinski definition) is 0. The molecule has 7 heteroatoms. The molecular weight excluding hydrogens is 448 g/mol. The molecule has 2 unspecified atom stereocenters. The van der Waals surface area contributed by atoms with Gasteiger partial charge in [-0.2, -0.15) is 0 Å². The second-order valence-corrected chi connectivity index (χ2v) is 10.7. The van der Waals surface area contributed by atoms with Gasteiger partial charge in [0.15, 0.2) is 5.78 Å². The largest absolute Gasteiger partial charge is 0.472 e. The van der Waals surface area contributed by atoms with Gasteiger partial charge in [-0.25, -0.2) is 0 Å². The number of esters is 2. The Labute approximate surface area is 205 Å². The molecule has 1 aliphatic heterocycles. The fourth-order valence-corrected chi connectivity index (χ4v) is 7.08. The van der Waals surface area contributed by atoms with Crippen molar-refractivity contribution in [3.63, 3.8) is 0 Å². The Morgan fingerprint density at radius 3 is 2.57 bits per heavy atom. The summed E-state index contributed by atoms with van der Waals surface area (Å²) in [4.78, 5) is 40.4. The van der Waals surface area contributed by atoms with Crippen LogP contribution in [0.1, 0.15) is 56.8 Å². The number of benzene rings is 1. The van der Waals surface area contributed by atoms with Crippen molar-refractivity contribution in [2.45, 2.75) is 58.3 Å². The van der Waals surface area contributed by atoms with Crippen LogP contribution in [0.25, 0.3) is 0 Å². The SMILES string of the molecule is COC(=O)[C@@H]1C[C@H](OCc2ccccc2)C(=O)C2[C@@]3(C)C[C@@H](c4ccoc4)OC(=O)C3CC[C@]21C. The van der Waals surface area contributed by atoms with E-state index < -0.39 is 40.8 Å². The van der Waals surface area contributed by atoms with E-state index in [-0.39, 0.29) is 30.7 Å². The van der Waals surface area contributed by atoms with Gasteiger partial charge >= 0.3 is 11.9 Å². The van der Waals surface area contributed by atoms with Crippen molar-refractivity contribution < 1.29 is 33.0 Å². The molecule has 0 spiro atoms. The van der Waals surface area contributed by atoms with Gasteiger partial charge in [0, 0.05) is 11.5 Å². The highest BCUT2D eigenvalue weighted by molar-refractivity contribution is 5.92. The molecule has 2 aromatic rings. The number of carbonyl (C=O) groups is 3. The number of ether oxygens (including phenoxy) is 3. The molecule has 2 aliphatic carbocycles. The first-order valence-electron chi connectivity index (χ1n) is 12.3. The van der Waals surface area contributed by atoms with Gasteiger partial charge in [0.2, 0.25) is 0 Å². The third-order valence-corrected chi connectivity index (χ3v) is 8.80. The van der Waals surface area contributed by atoms with E-state index in [4.69, 9.17) is 18.6 Å². The smallest absolute Gasteiger partial charge is 0.310 e. The Balaban J connectivity index is 1.52. The van der Waals surface area contributed by atoms with E-state index in [0.717, 1.165) is 11.1 Å².